The van der Waals surface area contributed by atoms with Crippen molar-refractivity contribution in [1.82, 2.24) is 10.2 Å². The lowest BCUT2D eigenvalue weighted by Gasteiger charge is -2.04. The van der Waals surface area contributed by atoms with E-state index in [0.29, 0.717) is 5.69 Å². The van der Waals surface area contributed by atoms with Crippen LogP contribution in [0, 0.1) is 0 Å². The lowest BCUT2D eigenvalue weighted by atomic mass is 10.3. The van der Waals surface area contributed by atoms with Crippen molar-refractivity contribution in [2.24, 2.45) is 0 Å². The molecule has 0 aliphatic heterocycles. The third kappa shape index (κ3) is 2.59. The largest absolute Gasteiger partial charge is 0.396 e. The molecule has 1 aromatic heterocycles. The Morgan fingerprint density at radius 1 is 1.41 bits per heavy atom. The van der Waals surface area contributed by atoms with Gasteiger partial charge in [-0.05, 0) is 30.5 Å². The van der Waals surface area contributed by atoms with Crippen molar-refractivity contribution in [1.29, 1.82) is 0 Å². The molecule has 88 valence electrons. The Morgan fingerprint density at radius 2 is 2.12 bits per heavy atom. The van der Waals surface area contributed by atoms with Gasteiger partial charge in [0.05, 0.1) is 11.9 Å². The SMILES string of the molecule is CSc1ccc(NC(=O)c2[nH]ncc2N)cc1. The lowest BCUT2D eigenvalue weighted by molar-refractivity contribution is 0.102. The first-order valence-electron chi connectivity index (χ1n) is 4.95. The molecule has 2 aromatic rings. The van der Waals surface area contributed by atoms with Crippen LogP contribution in [-0.4, -0.2) is 22.4 Å². The van der Waals surface area contributed by atoms with E-state index in [0.717, 1.165) is 10.6 Å². The highest BCUT2D eigenvalue weighted by molar-refractivity contribution is 7.98. The lowest BCUT2D eigenvalue weighted by Crippen LogP contribution is -2.14. The van der Waals surface area contributed by atoms with Crippen molar-refractivity contribution in [3.8, 4) is 0 Å². The summed E-state index contributed by atoms with van der Waals surface area (Å²) in [5, 5.41) is 8.99. The molecule has 1 amide bonds. The highest BCUT2D eigenvalue weighted by Crippen LogP contribution is 2.18. The number of nitrogens with zero attached hydrogens (tertiary/aromatic N) is 1. The zero-order valence-corrected chi connectivity index (χ0v) is 10.0. The molecule has 0 bridgehead atoms. The average molecular weight is 248 g/mol. The Bertz CT molecular complexity index is 521. The highest BCUT2D eigenvalue weighted by atomic mass is 32.2. The van der Waals surface area contributed by atoms with Gasteiger partial charge in [-0.1, -0.05) is 0 Å². The van der Waals surface area contributed by atoms with Crippen LogP contribution in [0.4, 0.5) is 11.4 Å². The summed E-state index contributed by atoms with van der Waals surface area (Å²) < 4.78 is 0. The number of nitrogen functional groups attached to an aromatic ring is 1. The van der Waals surface area contributed by atoms with Gasteiger partial charge < -0.3 is 11.1 Å². The normalized spacial score (nSPS) is 10.2. The van der Waals surface area contributed by atoms with Gasteiger partial charge in [-0.25, -0.2) is 0 Å². The number of H-pyrrole nitrogens is 1. The Kier molecular flexibility index (Phi) is 3.34. The summed E-state index contributed by atoms with van der Waals surface area (Å²) in [6.45, 7) is 0. The van der Waals surface area contributed by atoms with Gasteiger partial charge >= 0.3 is 0 Å². The number of thioether (sulfide) groups is 1. The second-order valence-electron chi connectivity index (χ2n) is 3.38. The highest BCUT2D eigenvalue weighted by Gasteiger charge is 2.11. The molecule has 17 heavy (non-hydrogen) atoms. The van der Waals surface area contributed by atoms with Gasteiger partial charge in [0.2, 0.25) is 0 Å². The smallest absolute Gasteiger partial charge is 0.275 e. The molecule has 0 spiro atoms. The van der Waals surface area contributed by atoms with Crippen molar-refractivity contribution in [2.75, 3.05) is 17.3 Å². The predicted octanol–water partition coefficient (Wildman–Crippen LogP) is 1.97. The monoisotopic (exact) mass is 248 g/mol. The zero-order chi connectivity index (χ0) is 12.3. The molecule has 1 aromatic carbocycles. The zero-order valence-electron chi connectivity index (χ0n) is 9.23. The van der Waals surface area contributed by atoms with Crippen LogP contribution in [-0.2, 0) is 0 Å². The molecule has 2 rings (SSSR count). The van der Waals surface area contributed by atoms with E-state index in [1.54, 1.807) is 11.8 Å². The van der Waals surface area contributed by atoms with Crippen LogP contribution in [0.15, 0.2) is 35.4 Å². The number of anilines is 2. The van der Waals surface area contributed by atoms with Crippen LogP contribution in [0.3, 0.4) is 0 Å². The minimum absolute atomic E-state index is 0.277. The third-order valence-corrected chi connectivity index (χ3v) is 2.99. The summed E-state index contributed by atoms with van der Waals surface area (Å²) in [5.41, 5.74) is 6.92. The summed E-state index contributed by atoms with van der Waals surface area (Å²) in [7, 11) is 0. The van der Waals surface area contributed by atoms with Crippen molar-refractivity contribution in [2.45, 2.75) is 4.90 Å². The number of aromatic amines is 1. The number of carbonyl (C=O) groups excluding carboxylic acids is 1. The summed E-state index contributed by atoms with van der Waals surface area (Å²) in [6.07, 6.45) is 3.41. The van der Waals surface area contributed by atoms with Gasteiger partial charge in [0, 0.05) is 10.6 Å². The van der Waals surface area contributed by atoms with Crippen LogP contribution >= 0.6 is 11.8 Å². The minimum atomic E-state index is -0.295. The predicted molar refractivity (Wildman–Crippen MR) is 69.2 cm³/mol. The fourth-order valence-electron chi connectivity index (χ4n) is 1.35. The summed E-state index contributed by atoms with van der Waals surface area (Å²) in [6, 6.07) is 7.57. The number of hydrogen-bond donors (Lipinski definition) is 3. The molecule has 0 unspecified atom stereocenters. The van der Waals surface area contributed by atoms with Gasteiger partial charge in [0.15, 0.2) is 0 Å². The standard InChI is InChI=1S/C11H12N4OS/c1-17-8-4-2-7(3-5-8)14-11(16)10-9(12)6-13-15-10/h2-6H,12H2,1H3,(H,13,15)(H,14,16). The van der Waals surface area contributed by atoms with E-state index in [1.165, 1.54) is 6.20 Å². The van der Waals surface area contributed by atoms with Gasteiger partial charge in [-0.15, -0.1) is 11.8 Å². The van der Waals surface area contributed by atoms with Crippen molar-refractivity contribution in [3.05, 3.63) is 36.2 Å². The van der Waals surface area contributed by atoms with E-state index in [1.807, 2.05) is 30.5 Å². The first-order valence-corrected chi connectivity index (χ1v) is 6.17. The first-order chi connectivity index (χ1) is 8.20. The maximum absolute atomic E-state index is 11.8. The maximum Gasteiger partial charge on any atom is 0.275 e. The molecule has 0 fully saturated rings. The number of rotatable bonds is 3. The molecular formula is C11H12N4OS. The van der Waals surface area contributed by atoms with Crippen LogP contribution in [0.2, 0.25) is 0 Å². The van der Waals surface area contributed by atoms with Crippen LogP contribution < -0.4 is 11.1 Å². The van der Waals surface area contributed by atoms with Crippen molar-refractivity contribution in [3.63, 3.8) is 0 Å². The average Bonchev–Trinajstić information content (AvgIpc) is 2.76. The number of amides is 1. The fraction of sp³-hybridized carbons (Fsp3) is 0.0909. The molecule has 5 nitrogen and oxygen atoms in total. The fourth-order valence-corrected chi connectivity index (χ4v) is 1.75. The molecule has 0 atom stereocenters. The first kappa shape index (κ1) is 11.5. The van der Waals surface area contributed by atoms with E-state index in [9.17, 15) is 4.79 Å². The summed E-state index contributed by atoms with van der Waals surface area (Å²) in [4.78, 5) is 12.9. The van der Waals surface area contributed by atoms with Gasteiger partial charge in [0.1, 0.15) is 5.69 Å². The van der Waals surface area contributed by atoms with Gasteiger partial charge in [-0.3, -0.25) is 9.89 Å². The number of hydrogen-bond acceptors (Lipinski definition) is 4. The molecular weight excluding hydrogens is 236 g/mol. The van der Waals surface area contributed by atoms with Crippen LogP contribution in [0.1, 0.15) is 10.5 Å². The van der Waals surface area contributed by atoms with Crippen LogP contribution in [0.5, 0.6) is 0 Å². The Hall–Kier alpha value is -1.95. The Morgan fingerprint density at radius 3 is 2.65 bits per heavy atom. The second-order valence-corrected chi connectivity index (χ2v) is 4.26. The molecule has 0 aliphatic rings. The van der Waals surface area contributed by atoms with Crippen molar-refractivity contribution >= 4 is 29.0 Å². The minimum Gasteiger partial charge on any atom is -0.396 e. The van der Waals surface area contributed by atoms with E-state index in [2.05, 4.69) is 15.5 Å². The third-order valence-electron chi connectivity index (χ3n) is 2.24. The molecule has 0 saturated carbocycles. The molecule has 0 saturated heterocycles. The van der Waals surface area contributed by atoms with E-state index >= 15 is 0 Å². The van der Waals surface area contributed by atoms with E-state index in [4.69, 9.17) is 5.73 Å². The van der Waals surface area contributed by atoms with E-state index in [-0.39, 0.29) is 11.6 Å². The number of aromatic nitrogens is 2. The van der Waals surface area contributed by atoms with E-state index < -0.39 is 0 Å². The molecule has 4 N–H and O–H groups in total. The molecule has 0 radical (unpaired) electrons. The van der Waals surface area contributed by atoms with Gasteiger partial charge in [-0.2, -0.15) is 5.10 Å². The maximum atomic E-state index is 11.8. The topological polar surface area (TPSA) is 83.8 Å². The summed E-state index contributed by atoms with van der Waals surface area (Å²) >= 11 is 1.65. The Balaban J connectivity index is 2.10. The Labute approximate surface area is 103 Å². The molecule has 0 aliphatic carbocycles. The number of nitrogens with one attached hydrogen (secondary N) is 2. The molecule has 1 heterocycles. The number of carbonyl (C=O) groups is 1. The summed E-state index contributed by atoms with van der Waals surface area (Å²) in [5.74, 6) is -0.295. The second kappa shape index (κ2) is 4.92. The molecule has 6 heteroatoms. The van der Waals surface area contributed by atoms with Crippen molar-refractivity contribution < 1.29 is 4.79 Å². The quantitative estimate of drug-likeness (QED) is 0.725. The van der Waals surface area contributed by atoms with Crippen LogP contribution in [0.25, 0.3) is 0 Å². The van der Waals surface area contributed by atoms with Gasteiger partial charge in [0.25, 0.3) is 5.91 Å². The number of benzene rings is 1. The number of nitrogens with two attached hydrogens (primary N) is 1.